The molecule has 0 saturated heterocycles. The van der Waals surface area contributed by atoms with Gasteiger partial charge in [0, 0.05) is 12.8 Å². The summed E-state index contributed by atoms with van der Waals surface area (Å²) in [7, 11) is 0. The van der Waals surface area contributed by atoms with Crippen LogP contribution in [-0.4, -0.2) is 47.4 Å². The van der Waals surface area contributed by atoms with E-state index in [-0.39, 0.29) is 18.5 Å². The summed E-state index contributed by atoms with van der Waals surface area (Å²) < 4.78 is 5.51. The number of ether oxygens (including phenoxy) is 1. The van der Waals surface area contributed by atoms with Crippen LogP contribution in [0.3, 0.4) is 0 Å². The first-order valence-corrected chi connectivity index (χ1v) is 37.3. The van der Waals surface area contributed by atoms with Gasteiger partial charge in [-0.1, -0.05) is 352 Å². The molecular weight excluding hydrogens is 1010 g/mol. The number of carbonyl (C=O) groups is 2. The fourth-order valence-corrected chi connectivity index (χ4v) is 11.7. The molecule has 82 heavy (non-hydrogen) atoms. The summed E-state index contributed by atoms with van der Waals surface area (Å²) in [5, 5.41) is 23.1. The highest BCUT2D eigenvalue weighted by atomic mass is 16.5. The summed E-state index contributed by atoms with van der Waals surface area (Å²) in [6, 6.07) is -0.624. The molecule has 6 heteroatoms. The van der Waals surface area contributed by atoms with Gasteiger partial charge in [-0.2, -0.15) is 0 Å². The van der Waals surface area contributed by atoms with Crippen LogP contribution in [0.15, 0.2) is 36.5 Å². The molecule has 2 unspecified atom stereocenters. The number of nitrogens with one attached hydrogen (secondary N) is 1. The van der Waals surface area contributed by atoms with Crippen LogP contribution in [0, 0.1) is 0 Å². The third-order valence-corrected chi connectivity index (χ3v) is 17.4. The number of aliphatic hydroxyl groups excluding tert-OH is 2. The zero-order valence-electron chi connectivity index (χ0n) is 55.5. The van der Waals surface area contributed by atoms with E-state index in [2.05, 4.69) is 43.5 Å². The topological polar surface area (TPSA) is 95.9 Å². The van der Waals surface area contributed by atoms with Crippen LogP contribution < -0.4 is 5.32 Å². The van der Waals surface area contributed by atoms with Gasteiger partial charge in [-0.15, -0.1) is 0 Å². The van der Waals surface area contributed by atoms with Gasteiger partial charge in [-0.3, -0.25) is 9.59 Å². The Kier molecular flexibility index (Phi) is 69.9. The Morgan fingerprint density at radius 3 is 0.866 bits per heavy atom. The number of esters is 1. The van der Waals surface area contributed by atoms with Crippen molar-refractivity contribution < 1.29 is 24.5 Å². The highest BCUT2D eigenvalue weighted by molar-refractivity contribution is 5.76. The van der Waals surface area contributed by atoms with Gasteiger partial charge in [0.25, 0.3) is 0 Å². The van der Waals surface area contributed by atoms with E-state index < -0.39 is 12.1 Å². The van der Waals surface area contributed by atoms with Crippen molar-refractivity contribution >= 4 is 11.9 Å². The fraction of sp³-hybridized carbons (Fsp3) is 0.895. The van der Waals surface area contributed by atoms with Crippen LogP contribution >= 0.6 is 0 Å². The number of unbranched alkanes of at least 4 members (excludes halogenated alkanes) is 55. The van der Waals surface area contributed by atoms with E-state index in [1.807, 2.05) is 6.08 Å². The molecule has 0 aromatic rings. The highest BCUT2D eigenvalue weighted by Gasteiger charge is 2.18. The zero-order chi connectivity index (χ0) is 59.2. The average molecular weight is 1150 g/mol. The van der Waals surface area contributed by atoms with Crippen molar-refractivity contribution in [1.82, 2.24) is 5.32 Å². The molecule has 0 aromatic carbocycles. The van der Waals surface area contributed by atoms with Gasteiger partial charge in [-0.25, -0.2) is 0 Å². The Bertz CT molecular complexity index is 1330. The molecule has 3 N–H and O–H groups in total. The molecule has 0 saturated carbocycles. The van der Waals surface area contributed by atoms with E-state index in [1.165, 1.54) is 340 Å². The quantitative estimate of drug-likeness (QED) is 0.0320. The number of amides is 1. The predicted molar refractivity (Wildman–Crippen MR) is 361 cm³/mol. The second-order valence-corrected chi connectivity index (χ2v) is 25.6. The lowest BCUT2D eigenvalue weighted by molar-refractivity contribution is -0.143. The van der Waals surface area contributed by atoms with Crippen molar-refractivity contribution in [3.8, 4) is 0 Å². The first kappa shape index (κ1) is 80.1. The Balaban J connectivity index is 3.33. The molecule has 0 spiro atoms. The van der Waals surface area contributed by atoms with E-state index in [0.29, 0.717) is 19.4 Å². The standard InChI is InChI=1S/C76H145NO5/c1-3-5-7-9-11-13-15-17-18-38-42-46-50-54-58-62-66-70-76(81)82-71-67-63-59-55-51-47-43-40-37-35-33-31-29-27-25-23-21-19-20-22-24-26-28-30-32-34-36-39-41-45-49-53-57-61-65-69-75(80)77-73(72-78)74(79)68-64-60-56-52-48-44-16-14-12-10-8-6-4-2/h17-18,21,23,64,68,73-74,78-79H,3-16,19-20,22,24-63,65-67,69-72H2,1-2H3,(H,77,80)/b18-17-,23-21-,68-64+. The summed E-state index contributed by atoms with van der Waals surface area (Å²) >= 11 is 0. The number of aliphatic hydroxyl groups is 2. The molecule has 484 valence electrons. The molecule has 0 rings (SSSR count). The van der Waals surface area contributed by atoms with E-state index in [4.69, 9.17) is 4.74 Å². The summed E-state index contributed by atoms with van der Waals surface area (Å²) in [5.74, 6) is -0.0458. The molecule has 0 bridgehead atoms. The Labute approximate surface area is 513 Å². The Morgan fingerprint density at radius 2 is 0.573 bits per heavy atom. The van der Waals surface area contributed by atoms with E-state index in [1.54, 1.807) is 6.08 Å². The molecule has 0 aliphatic rings. The third kappa shape index (κ3) is 67.2. The van der Waals surface area contributed by atoms with Crippen molar-refractivity contribution in [2.75, 3.05) is 13.2 Å². The lowest BCUT2D eigenvalue weighted by Crippen LogP contribution is -2.45. The average Bonchev–Trinajstić information content (AvgIpc) is 3.48. The van der Waals surface area contributed by atoms with E-state index >= 15 is 0 Å². The van der Waals surface area contributed by atoms with Crippen molar-refractivity contribution in [2.24, 2.45) is 0 Å². The molecule has 6 nitrogen and oxygen atoms in total. The molecule has 0 radical (unpaired) electrons. The van der Waals surface area contributed by atoms with Crippen molar-refractivity contribution in [3.63, 3.8) is 0 Å². The van der Waals surface area contributed by atoms with Crippen molar-refractivity contribution in [2.45, 2.75) is 424 Å². The van der Waals surface area contributed by atoms with Crippen LogP contribution in [0.4, 0.5) is 0 Å². The van der Waals surface area contributed by atoms with Gasteiger partial charge < -0.3 is 20.3 Å². The molecule has 0 fully saturated rings. The second kappa shape index (κ2) is 71.6. The lowest BCUT2D eigenvalue weighted by atomic mass is 10.0. The summed E-state index contributed by atoms with van der Waals surface area (Å²) in [6.45, 7) is 4.93. The predicted octanol–water partition coefficient (Wildman–Crippen LogP) is 24.3. The molecule has 0 aliphatic carbocycles. The minimum Gasteiger partial charge on any atom is -0.466 e. The van der Waals surface area contributed by atoms with Gasteiger partial charge in [0.15, 0.2) is 0 Å². The fourth-order valence-electron chi connectivity index (χ4n) is 11.7. The zero-order valence-corrected chi connectivity index (χ0v) is 55.5. The first-order chi connectivity index (χ1) is 40.5. The van der Waals surface area contributed by atoms with Crippen LogP contribution in [-0.2, 0) is 14.3 Å². The maximum atomic E-state index is 12.5. The molecule has 2 atom stereocenters. The molecule has 0 heterocycles. The van der Waals surface area contributed by atoms with Crippen molar-refractivity contribution in [1.29, 1.82) is 0 Å². The lowest BCUT2D eigenvalue weighted by Gasteiger charge is -2.20. The minimum absolute atomic E-state index is 0.0171. The SMILES string of the molecule is CCCCCCCC/C=C\CCCCCCCCCC(=O)OCCCCCCCCCCCCCCCC/C=C\CCCCCCCCCCCCCCCCCCCC(=O)NC(CO)C(O)/C=C/CCCCCCCCCCCCC. The van der Waals surface area contributed by atoms with E-state index in [9.17, 15) is 19.8 Å². The third-order valence-electron chi connectivity index (χ3n) is 17.4. The van der Waals surface area contributed by atoms with E-state index in [0.717, 1.165) is 44.9 Å². The van der Waals surface area contributed by atoms with Gasteiger partial charge >= 0.3 is 5.97 Å². The maximum Gasteiger partial charge on any atom is 0.305 e. The smallest absolute Gasteiger partial charge is 0.305 e. The van der Waals surface area contributed by atoms with Gasteiger partial charge in [0.05, 0.1) is 25.4 Å². The number of hydrogen-bond acceptors (Lipinski definition) is 5. The number of carbonyl (C=O) groups excluding carboxylic acids is 2. The molecular formula is C76H145NO5. The largest absolute Gasteiger partial charge is 0.466 e. The van der Waals surface area contributed by atoms with Crippen LogP contribution in [0.1, 0.15) is 412 Å². The van der Waals surface area contributed by atoms with Crippen molar-refractivity contribution in [3.05, 3.63) is 36.5 Å². The molecule has 0 aromatic heterocycles. The minimum atomic E-state index is -0.841. The second-order valence-electron chi connectivity index (χ2n) is 25.6. The number of allylic oxidation sites excluding steroid dienone is 5. The number of rotatable bonds is 70. The Hall–Kier alpha value is -1.92. The molecule has 1 amide bonds. The molecule has 0 aliphatic heterocycles. The first-order valence-electron chi connectivity index (χ1n) is 37.3. The monoisotopic (exact) mass is 1150 g/mol. The van der Waals surface area contributed by atoms with Crippen LogP contribution in [0.5, 0.6) is 0 Å². The maximum absolute atomic E-state index is 12.5. The van der Waals surface area contributed by atoms with Crippen LogP contribution in [0.2, 0.25) is 0 Å². The summed E-state index contributed by atoms with van der Waals surface area (Å²) in [6.07, 6.45) is 92.5. The summed E-state index contributed by atoms with van der Waals surface area (Å²) in [4.78, 5) is 24.6. The van der Waals surface area contributed by atoms with Gasteiger partial charge in [0.1, 0.15) is 0 Å². The van der Waals surface area contributed by atoms with Gasteiger partial charge in [0.2, 0.25) is 5.91 Å². The Morgan fingerprint density at radius 1 is 0.329 bits per heavy atom. The number of hydrogen-bond donors (Lipinski definition) is 3. The highest BCUT2D eigenvalue weighted by Crippen LogP contribution is 2.19. The van der Waals surface area contributed by atoms with Crippen LogP contribution in [0.25, 0.3) is 0 Å². The normalized spacial score (nSPS) is 12.7. The van der Waals surface area contributed by atoms with Gasteiger partial charge in [-0.05, 0) is 83.5 Å². The summed E-state index contributed by atoms with van der Waals surface area (Å²) in [5.41, 5.74) is 0.